The third-order valence-electron chi connectivity index (χ3n) is 11.6. The SMILES string of the molecule is CCC(CCCC1CCC2C3CC=C4CC(OC(=O)CCC=O)CCC4(C)C3CCC12C)C(C)C. The summed E-state index contributed by atoms with van der Waals surface area (Å²) in [6, 6.07) is 0. The summed E-state index contributed by atoms with van der Waals surface area (Å²) in [4.78, 5) is 22.7. The molecule has 3 saturated carbocycles. The molecule has 0 aromatic carbocycles. The summed E-state index contributed by atoms with van der Waals surface area (Å²) in [5.41, 5.74) is 2.41. The first-order valence-electron chi connectivity index (χ1n) is 15.1. The van der Waals surface area contributed by atoms with E-state index in [9.17, 15) is 9.59 Å². The van der Waals surface area contributed by atoms with E-state index in [4.69, 9.17) is 4.74 Å². The number of fused-ring (bicyclic) bond motifs is 5. The Hall–Kier alpha value is -1.12. The minimum atomic E-state index is -0.205. The lowest BCUT2D eigenvalue weighted by atomic mass is 9.47. The number of allylic oxidation sites excluding steroid dienone is 1. The lowest BCUT2D eigenvalue weighted by Crippen LogP contribution is -2.50. The van der Waals surface area contributed by atoms with Gasteiger partial charge in [-0.3, -0.25) is 4.79 Å². The molecule has 0 radical (unpaired) electrons. The van der Waals surface area contributed by atoms with Gasteiger partial charge in [0.25, 0.3) is 0 Å². The average Bonchev–Trinajstić information content (AvgIpc) is 3.16. The van der Waals surface area contributed by atoms with E-state index in [-0.39, 0.29) is 24.9 Å². The van der Waals surface area contributed by atoms with Crippen LogP contribution in [-0.2, 0) is 14.3 Å². The fourth-order valence-electron chi connectivity index (χ4n) is 9.37. The van der Waals surface area contributed by atoms with Crippen LogP contribution in [0.3, 0.4) is 0 Å². The van der Waals surface area contributed by atoms with Crippen LogP contribution in [0.25, 0.3) is 0 Å². The summed E-state index contributed by atoms with van der Waals surface area (Å²) >= 11 is 0. The minimum Gasteiger partial charge on any atom is -0.462 e. The van der Waals surface area contributed by atoms with Crippen molar-refractivity contribution in [3.63, 3.8) is 0 Å². The van der Waals surface area contributed by atoms with E-state index in [0.717, 1.165) is 61.1 Å². The van der Waals surface area contributed by atoms with Crippen molar-refractivity contribution in [3.8, 4) is 0 Å². The number of carbonyl (C=O) groups excluding carboxylic acids is 2. The van der Waals surface area contributed by atoms with Gasteiger partial charge in [0.1, 0.15) is 12.4 Å². The molecular formula is C32H52O3. The number of hydrogen-bond donors (Lipinski definition) is 0. The number of rotatable bonds is 10. The van der Waals surface area contributed by atoms with Crippen LogP contribution < -0.4 is 0 Å². The topological polar surface area (TPSA) is 43.4 Å². The standard InChI is InChI=1S/C32H52O3/c1-6-23(22(2)3)9-7-10-24-13-15-28-27-14-12-25-21-26(35-30(34)11-8-20-33)16-18-32(25,5)29(27)17-19-31(24,28)4/h12,20,22-24,26-29H,6-11,13-19,21H2,1-5H3. The van der Waals surface area contributed by atoms with Crippen molar-refractivity contribution in [2.45, 2.75) is 131 Å². The van der Waals surface area contributed by atoms with Gasteiger partial charge >= 0.3 is 5.97 Å². The van der Waals surface area contributed by atoms with Gasteiger partial charge in [-0.25, -0.2) is 0 Å². The smallest absolute Gasteiger partial charge is 0.306 e. The Morgan fingerprint density at radius 1 is 1.14 bits per heavy atom. The second-order valence-corrected chi connectivity index (χ2v) is 13.5. The maximum Gasteiger partial charge on any atom is 0.306 e. The molecule has 0 aromatic rings. The molecule has 4 aliphatic carbocycles. The zero-order valence-corrected chi connectivity index (χ0v) is 23.3. The molecule has 3 nitrogen and oxygen atoms in total. The van der Waals surface area contributed by atoms with Crippen molar-refractivity contribution >= 4 is 12.3 Å². The highest BCUT2D eigenvalue weighted by molar-refractivity contribution is 5.72. The molecule has 0 aliphatic heterocycles. The molecule has 0 heterocycles. The number of hydrogen-bond acceptors (Lipinski definition) is 3. The molecule has 0 aromatic heterocycles. The molecule has 0 saturated heterocycles. The summed E-state index contributed by atoms with van der Waals surface area (Å²) in [6.45, 7) is 12.4. The minimum absolute atomic E-state index is 0.00697. The van der Waals surface area contributed by atoms with Crippen molar-refractivity contribution < 1.29 is 14.3 Å². The van der Waals surface area contributed by atoms with Crippen LogP contribution in [0, 0.1) is 46.3 Å². The van der Waals surface area contributed by atoms with Gasteiger partial charge in [0.05, 0.1) is 6.42 Å². The Balaban J connectivity index is 1.38. The molecule has 35 heavy (non-hydrogen) atoms. The van der Waals surface area contributed by atoms with Gasteiger partial charge in [-0.15, -0.1) is 0 Å². The summed E-state index contributed by atoms with van der Waals surface area (Å²) in [5, 5.41) is 0. The number of aldehydes is 1. The van der Waals surface area contributed by atoms with Crippen molar-refractivity contribution in [1.82, 2.24) is 0 Å². The van der Waals surface area contributed by atoms with Crippen LogP contribution in [0.5, 0.6) is 0 Å². The normalized spacial score (nSPS) is 39.3. The predicted molar refractivity (Wildman–Crippen MR) is 143 cm³/mol. The van der Waals surface area contributed by atoms with E-state index < -0.39 is 0 Å². The van der Waals surface area contributed by atoms with E-state index >= 15 is 0 Å². The Kier molecular flexibility index (Phi) is 8.54. The first-order valence-corrected chi connectivity index (χ1v) is 15.1. The predicted octanol–water partition coefficient (Wildman–Crippen LogP) is 8.31. The fourth-order valence-corrected chi connectivity index (χ4v) is 9.37. The number of esters is 1. The third kappa shape index (κ3) is 5.30. The maximum absolute atomic E-state index is 12.1. The monoisotopic (exact) mass is 484 g/mol. The van der Waals surface area contributed by atoms with E-state index in [0.29, 0.717) is 10.8 Å². The van der Waals surface area contributed by atoms with E-state index in [2.05, 4.69) is 40.7 Å². The van der Waals surface area contributed by atoms with Crippen molar-refractivity contribution in [2.75, 3.05) is 0 Å². The summed E-state index contributed by atoms with van der Waals surface area (Å²) < 4.78 is 5.76. The highest BCUT2D eigenvalue weighted by Gasteiger charge is 2.58. The Labute approximate surface area is 215 Å². The third-order valence-corrected chi connectivity index (χ3v) is 11.6. The summed E-state index contributed by atoms with van der Waals surface area (Å²) in [5.74, 6) is 4.99. The number of ether oxygens (including phenoxy) is 1. The van der Waals surface area contributed by atoms with Crippen molar-refractivity contribution in [1.29, 1.82) is 0 Å². The molecular weight excluding hydrogens is 432 g/mol. The molecule has 4 aliphatic rings. The first-order chi connectivity index (χ1) is 16.7. The molecule has 0 bridgehead atoms. The highest BCUT2D eigenvalue weighted by Crippen LogP contribution is 2.66. The quantitative estimate of drug-likeness (QED) is 0.178. The Morgan fingerprint density at radius 3 is 2.66 bits per heavy atom. The van der Waals surface area contributed by atoms with Gasteiger partial charge in [-0.1, -0.05) is 65.5 Å². The van der Waals surface area contributed by atoms with Gasteiger partial charge in [-0.2, -0.15) is 0 Å². The van der Waals surface area contributed by atoms with Crippen LogP contribution in [0.2, 0.25) is 0 Å². The fraction of sp³-hybridized carbons (Fsp3) is 0.875. The van der Waals surface area contributed by atoms with Gasteiger partial charge in [-0.05, 0) is 97.7 Å². The zero-order valence-electron chi connectivity index (χ0n) is 23.3. The van der Waals surface area contributed by atoms with Gasteiger partial charge in [0.2, 0.25) is 0 Å². The summed E-state index contributed by atoms with van der Waals surface area (Å²) in [7, 11) is 0. The molecule has 3 fully saturated rings. The second kappa shape index (κ2) is 11.1. The summed E-state index contributed by atoms with van der Waals surface area (Å²) in [6.07, 6.45) is 19.5. The maximum atomic E-state index is 12.1. The van der Waals surface area contributed by atoms with Gasteiger partial charge in [0, 0.05) is 12.8 Å². The van der Waals surface area contributed by atoms with Crippen molar-refractivity contribution in [2.24, 2.45) is 46.3 Å². The zero-order chi connectivity index (χ0) is 25.2. The van der Waals surface area contributed by atoms with Gasteiger partial charge in [0.15, 0.2) is 0 Å². The molecule has 4 rings (SSSR count). The Bertz CT molecular complexity index is 784. The first kappa shape index (κ1) is 26.9. The largest absolute Gasteiger partial charge is 0.462 e. The highest BCUT2D eigenvalue weighted by atomic mass is 16.5. The van der Waals surface area contributed by atoms with Crippen LogP contribution in [0.1, 0.15) is 125 Å². The lowest BCUT2D eigenvalue weighted by Gasteiger charge is -2.58. The van der Waals surface area contributed by atoms with Crippen LogP contribution in [0.4, 0.5) is 0 Å². The molecule has 0 N–H and O–H groups in total. The van der Waals surface area contributed by atoms with Crippen LogP contribution >= 0.6 is 0 Å². The molecule has 0 spiro atoms. The molecule has 0 amide bonds. The second-order valence-electron chi connectivity index (χ2n) is 13.5. The van der Waals surface area contributed by atoms with E-state index in [1.54, 1.807) is 5.57 Å². The number of carbonyl (C=O) groups is 2. The molecule has 3 heteroatoms. The molecule has 8 unspecified atom stereocenters. The van der Waals surface area contributed by atoms with Gasteiger partial charge < -0.3 is 9.53 Å². The van der Waals surface area contributed by atoms with Crippen LogP contribution in [0.15, 0.2) is 11.6 Å². The van der Waals surface area contributed by atoms with E-state index in [1.165, 1.54) is 57.8 Å². The molecule has 8 atom stereocenters. The van der Waals surface area contributed by atoms with E-state index in [1.807, 2.05) is 0 Å². The lowest BCUT2D eigenvalue weighted by molar-refractivity contribution is -0.152. The van der Waals surface area contributed by atoms with Crippen LogP contribution in [-0.4, -0.2) is 18.4 Å². The molecule has 198 valence electrons. The van der Waals surface area contributed by atoms with Crippen molar-refractivity contribution in [3.05, 3.63) is 11.6 Å². The Morgan fingerprint density at radius 2 is 1.94 bits per heavy atom. The average molecular weight is 485 g/mol.